The molecule has 1 fully saturated rings. The van der Waals surface area contributed by atoms with Crippen LogP contribution in [0.3, 0.4) is 0 Å². The van der Waals surface area contributed by atoms with Crippen molar-refractivity contribution in [2.75, 3.05) is 20.3 Å². The van der Waals surface area contributed by atoms with Crippen molar-refractivity contribution >= 4 is 23.1 Å². The molecule has 0 radical (unpaired) electrons. The highest BCUT2D eigenvalue weighted by atomic mass is 32.1. The Hall–Kier alpha value is -2.28. The minimum Gasteiger partial charge on any atom is -0.489 e. The number of methoxy groups -OCH3 is 1. The maximum absolute atomic E-state index is 14.4. The number of rotatable bonds is 5. The summed E-state index contributed by atoms with van der Waals surface area (Å²) < 4.78 is 34.4. The molecule has 6 heteroatoms. The summed E-state index contributed by atoms with van der Waals surface area (Å²) >= 11 is 5.40. The summed E-state index contributed by atoms with van der Waals surface area (Å²) in [5, 5.41) is 1.09. The molecule has 2 heterocycles. The number of nitrogens with zero attached hydrogens (tertiary/aromatic N) is 1. The molecule has 1 aliphatic heterocycles. The Balaban J connectivity index is 1.65. The van der Waals surface area contributed by atoms with Gasteiger partial charge in [0, 0.05) is 51.8 Å². The average Bonchev–Trinajstić information content (AvgIpc) is 2.75. The van der Waals surface area contributed by atoms with Gasteiger partial charge < -0.3 is 18.8 Å². The third-order valence-electron chi connectivity index (χ3n) is 5.71. The first-order valence-corrected chi connectivity index (χ1v) is 10.1. The predicted octanol–water partition coefficient (Wildman–Crippen LogP) is 5.28. The van der Waals surface area contributed by atoms with E-state index in [0.717, 1.165) is 26.7 Å². The summed E-state index contributed by atoms with van der Waals surface area (Å²) in [6, 6.07) is 14.8. The molecule has 4 nitrogen and oxygen atoms in total. The summed E-state index contributed by atoms with van der Waals surface area (Å²) in [6.07, 6.45) is 1.38. The molecule has 0 bridgehead atoms. The van der Waals surface area contributed by atoms with Crippen LogP contribution in [-0.4, -0.2) is 24.9 Å². The number of fused-ring (bicyclic) bond motifs is 1. The summed E-state index contributed by atoms with van der Waals surface area (Å²) in [5.74, 6) is 0.147. The molecule has 0 N–H and O–H groups in total. The van der Waals surface area contributed by atoms with Gasteiger partial charge >= 0.3 is 0 Å². The molecule has 2 aromatic carbocycles. The van der Waals surface area contributed by atoms with Crippen molar-refractivity contribution in [3.8, 4) is 5.75 Å². The van der Waals surface area contributed by atoms with Gasteiger partial charge in [-0.15, -0.1) is 0 Å². The van der Waals surface area contributed by atoms with Gasteiger partial charge in [-0.25, -0.2) is 4.39 Å². The molecule has 0 saturated carbocycles. The molecule has 29 heavy (non-hydrogen) atoms. The van der Waals surface area contributed by atoms with E-state index in [1.165, 1.54) is 12.1 Å². The van der Waals surface area contributed by atoms with Gasteiger partial charge in [-0.1, -0.05) is 30.4 Å². The van der Waals surface area contributed by atoms with E-state index in [4.69, 9.17) is 26.4 Å². The third-order valence-corrected chi connectivity index (χ3v) is 6.12. The molecule has 0 atom stereocenters. The van der Waals surface area contributed by atoms with Crippen molar-refractivity contribution in [1.82, 2.24) is 4.57 Å². The van der Waals surface area contributed by atoms with Crippen molar-refractivity contribution in [2.24, 2.45) is 7.05 Å². The Labute approximate surface area is 174 Å². The molecule has 1 aromatic heterocycles. The van der Waals surface area contributed by atoms with Gasteiger partial charge in [0.25, 0.3) is 0 Å². The van der Waals surface area contributed by atoms with Gasteiger partial charge in [-0.05, 0) is 35.2 Å². The number of ether oxygens (including phenoxy) is 3. The zero-order valence-electron chi connectivity index (χ0n) is 16.6. The highest BCUT2D eigenvalue weighted by Crippen LogP contribution is 2.37. The summed E-state index contributed by atoms with van der Waals surface area (Å²) in [5.41, 5.74) is 2.26. The van der Waals surface area contributed by atoms with Gasteiger partial charge in [0.2, 0.25) is 0 Å². The fourth-order valence-electron chi connectivity index (χ4n) is 4.04. The standard InChI is InChI=1S/C23H24FNO3S/c1-25-21(29)7-6-16-4-3-5-17(22(16)25)15-28-20-13-18(12-19(24)14-20)23(26-2)8-10-27-11-9-23/h3-7,12-14H,8-11,15H2,1-2H3. The molecule has 0 aliphatic carbocycles. The van der Waals surface area contributed by atoms with E-state index >= 15 is 0 Å². The zero-order chi connectivity index (χ0) is 20.4. The molecule has 152 valence electrons. The maximum atomic E-state index is 14.4. The second-order valence-electron chi connectivity index (χ2n) is 7.36. The van der Waals surface area contributed by atoms with Gasteiger partial charge in [-0.3, -0.25) is 0 Å². The summed E-state index contributed by atoms with van der Waals surface area (Å²) in [6.45, 7) is 1.50. The van der Waals surface area contributed by atoms with Crippen molar-refractivity contribution in [1.29, 1.82) is 0 Å². The van der Waals surface area contributed by atoms with Crippen LogP contribution in [0.4, 0.5) is 4.39 Å². The molecule has 3 aromatic rings. The Morgan fingerprint density at radius 3 is 2.69 bits per heavy atom. The van der Waals surface area contributed by atoms with Crippen LogP contribution in [0.1, 0.15) is 24.0 Å². The van der Waals surface area contributed by atoms with Crippen LogP contribution < -0.4 is 4.74 Å². The van der Waals surface area contributed by atoms with E-state index in [1.54, 1.807) is 7.11 Å². The van der Waals surface area contributed by atoms with Crippen LogP contribution in [-0.2, 0) is 28.7 Å². The summed E-state index contributed by atoms with van der Waals surface area (Å²) in [7, 11) is 3.61. The van der Waals surface area contributed by atoms with Crippen LogP contribution in [0.15, 0.2) is 48.5 Å². The first-order chi connectivity index (χ1) is 14.0. The van der Waals surface area contributed by atoms with E-state index in [-0.39, 0.29) is 5.82 Å². The van der Waals surface area contributed by atoms with Gasteiger partial charge in [0.15, 0.2) is 0 Å². The second kappa shape index (κ2) is 8.22. The highest BCUT2D eigenvalue weighted by molar-refractivity contribution is 7.71. The molecule has 0 spiro atoms. The predicted molar refractivity (Wildman–Crippen MR) is 113 cm³/mol. The molecule has 4 rings (SSSR count). The van der Waals surface area contributed by atoms with Gasteiger partial charge in [-0.2, -0.15) is 0 Å². The Morgan fingerprint density at radius 1 is 1.14 bits per heavy atom. The van der Waals surface area contributed by atoms with Crippen molar-refractivity contribution in [3.05, 3.63) is 70.1 Å². The molecular formula is C23H24FNO3S. The lowest BCUT2D eigenvalue weighted by molar-refractivity contribution is -0.0950. The van der Waals surface area contributed by atoms with E-state index in [1.807, 2.05) is 48.0 Å². The first kappa shape index (κ1) is 20.0. The fourth-order valence-corrected chi connectivity index (χ4v) is 4.20. The minimum atomic E-state index is -0.540. The van der Waals surface area contributed by atoms with Crippen LogP contribution in [0.25, 0.3) is 10.9 Å². The minimum absolute atomic E-state index is 0.315. The average molecular weight is 414 g/mol. The SMILES string of the molecule is COC1(c2cc(F)cc(OCc3cccc4ccc(=S)n(C)c34)c2)CCOCC1. The highest BCUT2D eigenvalue weighted by Gasteiger charge is 2.35. The molecule has 0 unspecified atom stereocenters. The number of aromatic nitrogens is 1. The lowest BCUT2D eigenvalue weighted by Gasteiger charge is -2.36. The Kier molecular flexibility index (Phi) is 5.67. The number of pyridine rings is 1. The third kappa shape index (κ3) is 3.92. The van der Waals surface area contributed by atoms with Crippen LogP contribution >= 0.6 is 12.2 Å². The van der Waals surface area contributed by atoms with E-state index < -0.39 is 5.60 Å². The number of aryl methyl sites for hydroxylation is 1. The topological polar surface area (TPSA) is 32.6 Å². The fraction of sp³-hybridized carbons (Fsp3) is 0.348. The largest absolute Gasteiger partial charge is 0.489 e. The van der Waals surface area contributed by atoms with Crippen molar-refractivity contribution in [2.45, 2.75) is 25.0 Å². The van der Waals surface area contributed by atoms with Crippen molar-refractivity contribution in [3.63, 3.8) is 0 Å². The van der Waals surface area contributed by atoms with Gasteiger partial charge in [0.05, 0.1) is 11.1 Å². The first-order valence-electron chi connectivity index (χ1n) is 9.67. The van der Waals surface area contributed by atoms with Gasteiger partial charge in [0.1, 0.15) is 22.8 Å². The quantitative estimate of drug-likeness (QED) is 0.533. The molecular weight excluding hydrogens is 389 g/mol. The number of hydrogen-bond donors (Lipinski definition) is 0. The lowest BCUT2D eigenvalue weighted by atomic mass is 9.86. The van der Waals surface area contributed by atoms with Crippen LogP contribution in [0.2, 0.25) is 0 Å². The lowest BCUT2D eigenvalue weighted by Crippen LogP contribution is -2.35. The van der Waals surface area contributed by atoms with Crippen LogP contribution in [0, 0.1) is 10.5 Å². The summed E-state index contributed by atoms with van der Waals surface area (Å²) in [4.78, 5) is 0. The number of para-hydroxylation sites is 1. The zero-order valence-corrected chi connectivity index (χ0v) is 17.4. The number of halogens is 1. The number of hydrogen-bond acceptors (Lipinski definition) is 4. The maximum Gasteiger partial charge on any atom is 0.127 e. The second-order valence-corrected chi connectivity index (χ2v) is 7.78. The number of benzene rings is 2. The Morgan fingerprint density at radius 2 is 1.93 bits per heavy atom. The monoisotopic (exact) mass is 413 g/mol. The molecule has 1 aliphatic rings. The van der Waals surface area contributed by atoms with E-state index in [2.05, 4.69) is 0 Å². The van der Waals surface area contributed by atoms with Crippen LogP contribution in [0.5, 0.6) is 5.75 Å². The van der Waals surface area contributed by atoms with E-state index in [9.17, 15) is 4.39 Å². The normalized spacial score (nSPS) is 16.1. The van der Waals surface area contributed by atoms with E-state index in [0.29, 0.717) is 38.4 Å². The smallest absolute Gasteiger partial charge is 0.127 e. The molecule has 1 saturated heterocycles. The van der Waals surface area contributed by atoms with Crippen molar-refractivity contribution < 1.29 is 18.6 Å². The molecule has 0 amide bonds. The Bertz CT molecular complexity index is 1090.